The molecule has 4 nitrogen and oxygen atoms in total. The Hall–Kier alpha value is -3.37. The summed E-state index contributed by atoms with van der Waals surface area (Å²) in [6, 6.07) is 24.6. The van der Waals surface area contributed by atoms with E-state index in [1.165, 1.54) is 5.01 Å². The minimum absolute atomic E-state index is 0.152. The predicted molar refractivity (Wildman–Crippen MR) is 117 cm³/mol. The third-order valence-electron chi connectivity index (χ3n) is 4.59. The lowest BCUT2D eigenvalue weighted by Crippen LogP contribution is -2.21. The molecule has 1 aliphatic heterocycles. The molecule has 0 fully saturated rings. The topological polar surface area (TPSA) is 41.9 Å². The van der Waals surface area contributed by atoms with Gasteiger partial charge < -0.3 is 4.74 Å². The molecule has 0 atom stereocenters. The Labute approximate surface area is 174 Å². The second-order valence-corrected chi connectivity index (χ2v) is 7.09. The summed E-state index contributed by atoms with van der Waals surface area (Å²) in [5, 5.41) is 6.55. The molecule has 144 valence electrons. The number of para-hydroxylation sites is 2. The van der Waals surface area contributed by atoms with Crippen LogP contribution in [0.4, 0.5) is 5.69 Å². The van der Waals surface area contributed by atoms with Gasteiger partial charge in [-0.2, -0.15) is 10.1 Å². The third kappa shape index (κ3) is 4.23. The van der Waals surface area contributed by atoms with E-state index in [4.69, 9.17) is 16.3 Å². The molecule has 0 radical (unpaired) electrons. The molecule has 1 aliphatic rings. The summed E-state index contributed by atoms with van der Waals surface area (Å²) in [7, 11) is 0. The van der Waals surface area contributed by atoms with Crippen molar-refractivity contribution in [3.63, 3.8) is 0 Å². The number of carbonyl (C=O) groups is 1. The molecule has 0 aliphatic carbocycles. The van der Waals surface area contributed by atoms with E-state index in [2.05, 4.69) is 5.10 Å². The van der Waals surface area contributed by atoms with Crippen LogP contribution in [0.15, 0.2) is 89.5 Å². The number of anilines is 1. The summed E-state index contributed by atoms with van der Waals surface area (Å²) in [4.78, 5) is 12.9. The Bertz CT molecular complexity index is 1090. The molecule has 1 heterocycles. The average molecular weight is 403 g/mol. The molecule has 29 heavy (non-hydrogen) atoms. The summed E-state index contributed by atoms with van der Waals surface area (Å²) in [6.07, 6.45) is 1.83. The zero-order valence-corrected chi connectivity index (χ0v) is 16.6. The van der Waals surface area contributed by atoms with E-state index in [9.17, 15) is 4.79 Å². The van der Waals surface area contributed by atoms with Crippen molar-refractivity contribution < 1.29 is 9.53 Å². The first kappa shape index (κ1) is 19.0. The van der Waals surface area contributed by atoms with Gasteiger partial charge in [-0.1, -0.05) is 60.1 Å². The van der Waals surface area contributed by atoms with Gasteiger partial charge in [-0.05, 0) is 48.9 Å². The highest BCUT2D eigenvalue weighted by Crippen LogP contribution is 2.28. The van der Waals surface area contributed by atoms with E-state index in [0.29, 0.717) is 28.7 Å². The molecule has 0 bridgehead atoms. The fraction of sp³-hybridized carbons (Fsp3) is 0.0833. The highest BCUT2D eigenvalue weighted by atomic mass is 35.5. The molecule has 0 saturated heterocycles. The van der Waals surface area contributed by atoms with Gasteiger partial charge in [0.2, 0.25) is 0 Å². The number of nitrogens with zero attached hydrogens (tertiary/aromatic N) is 2. The van der Waals surface area contributed by atoms with Crippen LogP contribution in [0.25, 0.3) is 6.08 Å². The molecular weight excluding hydrogens is 384 g/mol. The maximum atomic E-state index is 12.9. The van der Waals surface area contributed by atoms with E-state index >= 15 is 0 Å². The summed E-state index contributed by atoms with van der Waals surface area (Å²) in [5.74, 6) is 0.551. The number of benzene rings is 3. The van der Waals surface area contributed by atoms with Crippen molar-refractivity contribution in [1.29, 1.82) is 0 Å². The maximum Gasteiger partial charge on any atom is 0.280 e. The Kier molecular flexibility index (Phi) is 5.45. The predicted octanol–water partition coefficient (Wildman–Crippen LogP) is 5.73. The normalized spacial score (nSPS) is 15.0. The van der Waals surface area contributed by atoms with Crippen molar-refractivity contribution in [2.45, 2.75) is 13.5 Å². The van der Waals surface area contributed by atoms with Crippen LogP contribution in [0.3, 0.4) is 0 Å². The molecular formula is C24H19ClN2O2. The third-order valence-corrected chi connectivity index (χ3v) is 4.84. The van der Waals surface area contributed by atoms with Crippen molar-refractivity contribution in [2.24, 2.45) is 5.10 Å². The standard InChI is InChI=1S/C24H19ClN2O2/c1-17-22(24(28)27(26-17)21-8-3-2-4-9-21)15-19-7-5-6-10-23(19)29-16-18-11-13-20(25)14-12-18/h2-15H,16H2,1H3/b22-15+. The highest BCUT2D eigenvalue weighted by Gasteiger charge is 2.28. The number of halogens is 1. The van der Waals surface area contributed by atoms with Crippen molar-refractivity contribution >= 4 is 35.0 Å². The number of ether oxygens (including phenoxy) is 1. The molecule has 0 N–H and O–H groups in total. The van der Waals surface area contributed by atoms with Gasteiger partial charge in [0.1, 0.15) is 12.4 Å². The van der Waals surface area contributed by atoms with Crippen LogP contribution in [-0.2, 0) is 11.4 Å². The smallest absolute Gasteiger partial charge is 0.280 e. The SMILES string of the molecule is CC1=NN(c2ccccc2)C(=O)/C1=C/c1ccccc1OCc1ccc(Cl)cc1. The van der Waals surface area contributed by atoms with E-state index in [1.54, 1.807) is 0 Å². The van der Waals surface area contributed by atoms with E-state index < -0.39 is 0 Å². The minimum Gasteiger partial charge on any atom is -0.488 e. The first-order chi connectivity index (χ1) is 14.1. The van der Waals surface area contributed by atoms with E-state index in [0.717, 1.165) is 16.8 Å². The van der Waals surface area contributed by atoms with Crippen LogP contribution in [0.5, 0.6) is 5.75 Å². The molecule has 0 saturated carbocycles. The van der Waals surface area contributed by atoms with Crippen molar-refractivity contribution in [2.75, 3.05) is 5.01 Å². The Morgan fingerprint density at radius 1 is 0.966 bits per heavy atom. The van der Waals surface area contributed by atoms with E-state index in [-0.39, 0.29) is 5.91 Å². The van der Waals surface area contributed by atoms with Crippen LogP contribution in [-0.4, -0.2) is 11.6 Å². The lowest BCUT2D eigenvalue weighted by Gasteiger charge is -2.12. The zero-order valence-electron chi connectivity index (χ0n) is 15.9. The van der Waals surface area contributed by atoms with Gasteiger partial charge in [-0.25, -0.2) is 0 Å². The lowest BCUT2D eigenvalue weighted by atomic mass is 10.1. The summed E-state index contributed by atoms with van der Waals surface area (Å²) < 4.78 is 6.00. The first-order valence-electron chi connectivity index (χ1n) is 9.25. The Morgan fingerprint density at radius 3 is 2.41 bits per heavy atom. The van der Waals surface area contributed by atoms with Crippen LogP contribution >= 0.6 is 11.6 Å². The lowest BCUT2D eigenvalue weighted by molar-refractivity contribution is -0.114. The second-order valence-electron chi connectivity index (χ2n) is 6.65. The van der Waals surface area contributed by atoms with E-state index in [1.807, 2.05) is 91.9 Å². The molecule has 3 aromatic carbocycles. The number of hydrogen-bond donors (Lipinski definition) is 0. The summed E-state index contributed by atoms with van der Waals surface area (Å²) in [6.45, 7) is 2.25. The molecule has 5 heteroatoms. The maximum absolute atomic E-state index is 12.9. The van der Waals surface area contributed by atoms with Gasteiger partial charge >= 0.3 is 0 Å². The number of carbonyl (C=O) groups excluding carboxylic acids is 1. The van der Waals surface area contributed by atoms with Crippen LogP contribution in [0.1, 0.15) is 18.1 Å². The van der Waals surface area contributed by atoms with Crippen LogP contribution in [0, 0.1) is 0 Å². The molecule has 3 aromatic rings. The van der Waals surface area contributed by atoms with Gasteiger partial charge in [0.05, 0.1) is 17.0 Å². The fourth-order valence-electron chi connectivity index (χ4n) is 3.06. The summed E-state index contributed by atoms with van der Waals surface area (Å²) >= 11 is 5.94. The van der Waals surface area contributed by atoms with Crippen molar-refractivity contribution in [3.05, 3.63) is 101 Å². The Balaban J connectivity index is 1.57. The van der Waals surface area contributed by atoms with Gasteiger partial charge in [-0.15, -0.1) is 0 Å². The minimum atomic E-state index is -0.152. The van der Waals surface area contributed by atoms with Gasteiger partial charge in [0.25, 0.3) is 5.91 Å². The molecule has 4 rings (SSSR count). The van der Waals surface area contributed by atoms with Gasteiger partial charge in [0, 0.05) is 10.6 Å². The van der Waals surface area contributed by atoms with Crippen molar-refractivity contribution in [1.82, 2.24) is 0 Å². The number of rotatable bonds is 5. The number of hydrazone groups is 1. The first-order valence-corrected chi connectivity index (χ1v) is 9.62. The van der Waals surface area contributed by atoms with Gasteiger partial charge in [0.15, 0.2) is 0 Å². The quantitative estimate of drug-likeness (QED) is 0.512. The van der Waals surface area contributed by atoms with Crippen molar-refractivity contribution in [3.8, 4) is 5.75 Å². The van der Waals surface area contributed by atoms with Gasteiger partial charge in [-0.3, -0.25) is 4.79 Å². The Morgan fingerprint density at radius 2 is 1.66 bits per heavy atom. The number of hydrogen-bond acceptors (Lipinski definition) is 3. The molecule has 1 amide bonds. The average Bonchev–Trinajstić information content (AvgIpc) is 3.03. The fourth-order valence-corrected chi connectivity index (χ4v) is 3.18. The summed E-state index contributed by atoms with van der Waals surface area (Å²) in [5.41, 5.74) is 3.81. The highest BCUT2D eigenvalue weighted by molar-refractivity contribution is 6.32. The molecule has 0 aromatic heterocycles. The van der Waals surface area contributed by atoms with Crippen LogP contribution < -0.4 is 9.75 Å². The number of amides is 1. The van der Waals surface area contributed by atoms with Crippen LogP contribution in [0.2, 0.25) is 5.02 Å². The zero-order chi connectivity index (χ0) is 20.2. The second kappa shape index (κ2) is 8.33. The largest absolute Gasteiger partial charge is 0.488 e. The molecule has 0 unspecified atom stereocenters. The molecule has 0 spiro atoms. The monoisotopic (exact) mass is 402 g/mol.